The summed E-state index contributed by atoms with van der Waals surface area (Å²) in [5.41, 5.74) is 0. The fraction of sp³-hybridized carbons (Fsp3) is 0.941. The van der Waals surface area contributed by atoms with E-state index in [0.29, 0.717) is 19.1 Å². The molecular formula is C17H36IN3O2. The van der Waals surface area contributed by atoms with Crippen LogP contribution in [0.1, 0.15) is 40.0 Å². The van der Waals surface area contributed by atoms with Gasteiger partial charge in [-0.3, -0.25) is 4.99 Å². The molecule has 0 radical (unpaired) electrons. The number of guanidine groups is 1. The van der Waals surface area contributed by atoms with E-state index >= 15 is 0 Å². The summed E-state index contributed by atoms with van der Waals surface area (Å²) in [5.74, 6) is 2.44. The first-order valence-corrected chi connectivity index (χ1v) is 8.77. The van der Waals surface area contributed by atoms with Crippen LogP contribution in [0.3, 0.4) is 0 Å². The number of aliphatic imine (C=N–C) groups is 1. The molecule has 0 aliphatic carbocycles. The standard InChI is InChI=1S/C17H35N3O2.HI/c1-5-18-17(19-9-6-7-15(2)3)20-10-8-16(13-20)14-22-12-11-21-4;/h15-16H,5-14H2,1-4H3,(H,18,19);1H. The highest BCUT2D eigenvalue weighted by atomic mass is 127. The fourth-order valence-electron chi connectivity index (χ4n) is 2.66. The third-order valence-electron chi connectivity index (χ3n) is 3.91. The number of hydrogen-bond donors (Lipinski definition) is 1. The van der Waals surface area contributed by atoms with Gasteiger partial charge < -0.3 is 19.7 Å². The van der Waals surface area contributed by atoms with Gasteiger partial charge in [-0.2, -0.15) is 0 Å². The second-order valence-electron chi connectivity index (χ2n) is 6.44. The van der Waals surface area contributed by atoms with Crippen molar-refractivity contribution in [3.63, 3.8) is 0 Å². The number of ether oxygens (including phenoxy) is 2. The van der Waals surface area contributed by atoms with E-state index in [9.17, 15) is 0 Å². The van der Waals surface area contributed by atoms with Crippen LogP contribution in [0.4, 0.5) is 0 Å². The lowest BCUT2D eigenvalue weighted by atomic mass is 10.1. The van der Waals surface area contributed by atoms with Crippen LogP contribution in [0.5, 0.6) is 0 Å². The first-order chi connectivity index (χ1) is 10.7. The Kier molecular flexibility index (Phi) is 14.2. The summed E-state index contributed by atoms with van der Waals surface area (Å²) >= 11 is 0. The normalized spacial score (nSPS) is 18.4. The van der Waals surface area contributed by atoms with Crippen molar-refractivity contribution in [3.8, 4) is 0 Å². The molecular weight excluding hydrogens is 405 g/mol. The van der Waals surface area contributed by atoms with Gasteiger partial charge in [0.2, 0.25) is 0 Å². The van der Waals surface area contributed by atoms with Gasteiger partial charge in [0.05, 0.1) is 19.8 Å². The van der Waals surface area contributed by atoms with Crippen molar-refractivity contribution < 1.29 is 9.47 Å². The summed E-state index contributed by atoms with van der Waals surface area (Å²) in [4.78, 5) is 7.16. The third kappa shape index (κ3) is 10.4. The molecule has 0 bridgehead atoms. The lowest BCUT2D eigenvalue weighted by Gasteiger charge is -2.21. The minimum atomic E-state index is 0. The van der Waals surface area contributed by atoms with E-state index in [1.165, 1.54) is 19.3 Å². The first-order valence-electron chi connectivity index (χ1n) is 8.77. The van der Waals surface area contributed by atoms with Gasteiger partial charge in [0.1, 0.15) is 0 Å². The predicted octanol–water partition coefficient (Wildman–Crippen LogP) is 2.99. The lowest BCUT2D eigenvalue weighted by molar-refractivity contribution is 0.0536. The van der Waals surface area contributed by atoms with Crippen LogP contribution in [-0.2, 0) is 9.47 Å². The van der Waals surface area contributed by atoms with E-state index in [4.69, 9.17) is 14.5 Å². The van der Waals surface area contributed by atoms with Crippen molar-refractivity contribution in [2.45, 2.75) is 40.0 Å². The van der Waals surface area contributed by atoms with Gasteiger partial charge in [-0.1, -0.05) is 13.8 Å². The second kappa shape index (κ2) is 14.3. The highest BCUT2D eigenvalue weighted by Crippen LogP contribution is 2.16. The number of nitrogens with one attached hydrogen (secondary N) is 1. The zero-order valence-electron chi connectivity index (χ0n) is 15.3. The molecule has 1 aliphatic heterocycles. The molecule has 138 valence electrons. The van der Waals surface area contributed by atoms with Gasteiger partial charge in [-0.05, 0) is 32.1 Å². The van der Waals surface area contributed by atoms with E-state index in [2.05, 4.69) is 31.0 Å². The number of nitrogens with zero attached hydrogens (tertiary/aromatic N) is 2. The monoisotopic (exact) mass is 441 g/mol. The Morgan fingerprint density at radius 3 is 2.78 bits per heavy atom. The van der Waals surface area contributed by atoms with Crippen molar-refractivity contribution in [2.75, 3.05) is 53.1 Å². The molecule has 0 aromatic heterocycles. The number of halogens is 1. The Morgan fingerprint density at radius 1 is 1.35 bits per heavy atom. The van der Waals surface area contributed by atoms with Crippen LogP contribution in [0.25, 0.3) is 0 Å². The van der Waals surface area contributed by atoms with Gasteiger partial charge in [0, 0.05) is 39.2 Å². The maximum absolute atomic E-state index is 5.66. The van der Waals surface area contributed by atoms with Crippen LogP contribution in [-0.4, -0.2) is 64.0 Å². The Labute approximate surface area is 159 Å². The number of rotatable bonds is 10. The van der Waals surface area contributed by atoms with E-state index in [-0.39, 0.29) is 24.0 Å². The quantitative estimate of drug-likeness (QED) is 0.245. The molecule has 1 N–H and O–H groups in total. The molecule has 5 nitrogen and oxygen atoms in total. The molecule has 0 amide bonds. The van der Waals surface area contributed by atoms with Gasteiger partial charge in [-0.25, -0.2) is 0 Å². The molecule has 1 fully saturated rings. The topological polar surface area (TPSA) is 46.1 Å². The van der Waals surface area contributed by atoms with Crippen LogP contribution >= 0.6 is 24.0 Å². The highest BCUT2D eigenvalue weighted by Gasteiger charge is 2.24. The number of methoxy groups -OCH3 is 1. The summed E-state index contributed by atoms with van der Waals surface area (Å²) in [5, 5.41) is 3.42. The Balaban J connectivity index is 0.00000484. The lowest BCUT2D eigenvalue weighted by Crippen LogP contribution is -2.40. The summed E-state index contributed by atoms with van der Waals surface area (Å²) < 4.78 is 10.7. The minimum absolute atomic E-state index is 0. The summed E-state index contributed by atoms with van der Waals surface area (Å²) in [6.07, 6.45) is 3.60. The van der Waals surface area contributed by atoms with Crippen LogP contribution < -0.4 is 5.32 Å². The van der Waals surface area contributed by atoms with Crippen LogP contribution in [0, 0.1) is 11.8 Å². The van der Waals surface area contributed by atoms with Gasteiger partial charge in [-0.15, -0.1) is 24.0 Å². The molecule has 1 rings (SSSR count). The van der Waals surface area contributed by atoms with E-state index in [1.807, 2.05) is 0 Å². The number of likely N-dealkylation sites (tertiary alicyclic amines) is 1. The largest absolute Gasteiger partial charge is 0.382 e. The Morgan fingerprint density at radius 2 is 2.13 bits per heavy atom. The summed E-state index contributed by atoms with van der Waals surface area (Å²) in [6, 6.07) is 0. The Hall–Kier alpha value is -0.0800. The fourth-order valence-corrected chi connectivity index (χ4v) is 2.66. The van der Waals surface area contributed by atoms with Crippen molar-refractivity contribution in [3.05, 3.63) is 0 Å². The van der Waals surface area contributed by atoms with Crippen molar-refractivity contribution in [1.29, 1.82) is 0 Å². The molecule has 1 saturated heterocycles. The van der Waals surface area contributed by atoms with E-state index in [1.54, 1.807) is 7.11 Å². The SMILES string of the molecule is CCNC(=NCCCC(C)C)N1CCC(COCCOC)C1.I. The second-order valence-corrected chi connectivity index (χ2v) is 6.44. The van der Waals surface area contributed by atoms with Crippen molar-refractivity contribution in [1.82, 2.24) is 10.2 Å². The van der Waals surface area contributed by atoms with Gasteiger partial charge in [0.25, 0.3) is 0 Å². The predicted molar refractivity (Wildman–Crippen MR) is 108 cm³/mol. The molecule has 6 heteroatoms. The van der Waals surface area contributed by atoms with E-state index < -0.39 is 0 Å². The molecule has 0 aromatic rings. The molecule has 0 aromatic carbocycles. The molecule has 23 heavy (non-hydrogen) atoms. The zero-order valence-corrected chi connectivity index (χ0v) is 17.7. The third-order valence-corrected chi connectivity index (χ3v) is 3.91. The first kappa shape index (κ1) is 22.9. The Bertz CT molecular complexity index is 314. The summed E-state index contributed by atoms with van der Waals surface area (Å²) in [6.45, 7) is 12.8. The molecule has 1 heterocycles. The molecule has 0 spiro atoms. The van der Waals surface area contributed by atoms with Crippen LogP contribution in [0.15, 0.2) is 4.99 Å². The smallest absolute Gasteiger partial charge is 0.193 e. The van der Waals surface area contributed by atoms with Crippen molar-refractivity contribution >= 4 is 29.9 Å². The molecule has 1 unspecified atom stereocenters. The van der Waals surface area contributed by atoms with Gasteiger partial charge >= 0.3 is 0 Å². The highest BCUT2D eigenvalue weighted by molar-refractivity contribution is 14.0. The van der Waals surface area contributed by atoms with Crippen molar-refractivity contribution in [2.24, 2.45) is 16.8 Å². The summed E-state index contributed by atoms with van der Waals surface area (Å²) in [7, 11) is 1.71. The maximum Gasteiger partial charge on any atom is 0.193 e. The van der Waals surface area contributed by atoms with Crippen LogP contribution in [0.2, 0.25) is 0 Å². The van der Waals surface area contributed by atoms with Gasteiger partial charge in [0.15, 0.2) is 5.96 Å². The average molecular weight is 441 g/mol. The molecule has 1 aliphatic rings. The molecule has 0 saturated carbocycles. The average Bonchev–Trinajstić information content (AvgIpc) is 2.95. The zero-order chi connectivity index (χ0) is 16.2. The minimum Gasteiger partial charge on any atom is -0.382 e. The maximum atomic E-state index is 5.66. The van der Waals surface area contributed by atoms with E-state index in [0.717, 1.165) is 44.7 Å². The number of hydrogen-bond acceptors (Lipinski definition) is 3. The molecule has 1 atom stereocenters.